The quantitative estimate of drug-likeness (QED) is 0.362. The van der Waals surface area contributed by atoms with Gasteiger partial charge in [0.1, 0.15) is 12.3 Å². The van der Waals surface area contributed by atoms with E-state index in [4.69, 9.17) is 11.6 Å². The van der Waals surface area contributed by atoms with Crippen LogP contribution in [0.2, 0.25) is 4.47 Å². The third-order valence-electron chi connectivity index (χ3n) is 4.56. The zero-order chi connectivity index (χ0) is 23.2. The zero-order valence-electron chi connectivity index (χ0n) is 16.2. The predicted octanol–water partition coefficient (Wildman–Crippen LogP) is 5.09. The summed E-state index contributed by atoms with van der Waals surface area (Å²) in [5.41, 5.74) is 0.392. The molecule has 166 valence electrons. The van der Waals surface area contributed by atoms with Gasteiger partial charge in [-0.15, -0.1) is 24.5 Å². The fourth-order valence-corrected chi connectivity index (χ4v) is 4.82. The fourth-order valence-electron chi connectivity index (χ4n) is 3.38. The third-order valence-corrected chi connectivity index (χ3v) is 6.12. The molecule has 0 aliphatic rings. The molecule has 0 unspecified atom stereocenters. The summed E-state index contributed by atoms with van der Waals surface area (Å²) >= 11 is 10.3. The van der Waals surface area contributed by atoms with Gasteiger partial charge in [-0.2, -0.15) is 8.97 Å². The first-order chi connectivity index (χ1) is 15.0. The highest BCUT2D eigenvalue weighted by atomic mass is 79.9. The molecular formula is C20H13BrClF3N3O3S+. The Morgan fingerprint density at radius 2 is 2.09 bits per heavy atom. The number of aromatic nitrogens is 3. The van der Waals surface area contributed by atoms with Crippen molar-refractivity contribution in [2.75, 3.05) is 0 Å². The minimum atomic E-state index is -4.92. The van der Waals surface area contributed by atoms with E-state index in [1.54, 1.807) is 25.3 Å². The third kappa shape index (κ3) is 4.45. The van der Waals surface area contributed by atoms with Gasteiger partial charge in [-0.1, -0.05) is 27.5 Å². The number of aromatic hydroxyl groups is 1. The molecule has 0 amide bonds. The molecule has 0 saturated carbocycles. The molecule has 4 rings (SSSR count). The molecule has 4 aromatic rings. The first kappa shape index (κ1) is 22.6. The van der Waals surface area contributed by atoms with Crippen LogP contribution in [0.4, 0.5) is 13.2 Å². The molecule has 0 fully saturated rings. The van der Waals surface area contributed by atoms with Crippen LogP contribution in [0.5, 0.6) is 11.6 Å². The lowest BCUT2D eigenvalue weighted by Crippen LogP contribution is -2.44. The van der Waals surface area contributed by atoms with E-state index in [1.165, 1.54) is 32.6 Å². The topological polar surface area (TPSA) is 68.5 Å². The Morgan fingerprint density at radius 3 is 2.75 bits per heavy atom. The Balaban J connectivity index is 2.00. The monoisotopic (exact) mass is 546 g/mol. The normalized spacial score (nSPS) is 11.8. The largest absolute Gasteiger partial charge is 0.573 e. The summed E-state index contributed by atoms with van der Waals surface area (Å²) in [6, 6.07) is 7.03. The van der Waals surface area contributed by atoms with Gasteiger partial charge in [0.05, 0.1) is 11.1 Å². The minimum Gasteiger partial charge on any atom is -0.477 e. The lowest BCUT2D eigenvalue weighted by atomic mass is 10.1. The second kappa shape index (κ2) is 8.38. The van der Waals surface area contributed by atoms with Gasteiger partial charge in [0.25, 0.3) is 11.5 Å². The Labute approximate surface area is 196 Å². The molecule has 3 heterocycles. The van der Waals surface area contributed by atoms with Crippen molar-refractivity contribution < 1.29 is 27.4 Å². The second-order valence-electron chi connectivity index (χ2n) is 6.78. The maximum Gasteiger partial charge on any atom is 0.573 e. The molecule has 1 N–H and O–H groups in total. The van der Waals surface area contributed by atoms with Crippen LogP contribution in [0.1, 0.15) is 10.4 Å². The van der Waals surface area contributed by atoms with Crippen molar-refractivity contribution in [2.24, 2.45) is 0 Å². The average Bonchev–Trinajstić information content (AvgIpc) is 3.08. The van der Waals surface area contributed by atoms with Crippen LogP contribution in [0.3, 0.4) is 0 Å². The number of benzene rings is 1. The van der Waals surface area contributed by atoms with Crippen molar-refractivity contribution in [1.29, 1.82) is 0 Å². The first-order valence-electron chi connectivity index (χ1n) is 8.97. The fraction of sp³-hybridized carbons (Fsp3) is 0.150. The summed E-state index contributed by atoms with van der Waals surface area (Å²) in [4.78, 5) is 18.0. The molecule has 0 saturated heterocycles. The van der Waals surface area contributed by atoms with E-state index in [9.17, 15) is 23.1 Å². The number of rotatable bonds is 4. The van der Waals surface area contributed by atoms with E-state index in [1.807, 2.05) is 0 Å². The molecule has 6 nitrogen and oxygen atoms in total. The molecule has 0 radical (unpaired) electrons. The zero-order valence-corrected chi connectivity index (χ0v) is 19.3. The highest BCUT2D eigenvalue weighted by molar-refractivity contribution is 9.10. The second-order valence-corrected chi connectivity index (χ2v) is 9.39. The van der Waals surface area contributed by atoms with Gasteiger partial charge in [-0.25, -0.2) is 9.78 Å². The SMILES string of the molecule is Cc1ccc[n+]2c(=O)c(-c3cc(Br)cc(OC(F)(F)F)c3)c(O)n(Cc3cnc(Cl)s3)c12. The van der Waals surface area contributed by atoms with Gasteiger partial charge in [-0.05, 0) is 37.3 Å². The highest BCUT2D eigenvalue weighted by Gasteiger charge is 2.32. The van der Waals surface area contributed by atoms with E-state index in [2.05, 4.69) is 25.7 Å². The lowest BCUT2D eigenvalue weighted by Gasteiger charge is -2.13. The van der Waals surface area contributed by atoms with Crippen LogP contribution >= 0.6 is 38.9 Å². The number of pyridine rings is 1. The molecular weight excluding hydrogens is 535 g/mol. The van der Waals surface area contributed by atoms with Crippen molar-refractivity contribution in [2.45, 2.75) is 19.8 Å². The standard InChI is InChI=1S/C20H12BrClF3N3O3S/c1-10-3-2-4-27-16(10)28(9-14-8-26-19(22)32-14)18(30)15(17(27)29)11-5-12(21)7-13(6-11)31-20(23,24)25/h2-8H,9H2,1H3/p+1. The van der Waals surface area contributed by atoms with Crippen molar-refractivity contribution in [3.05, 3.63) is 72.5 Å². The summed E-state index contributed by atoms with van der Waals surface area (Å²) in [5.74, 6) is -0.944. The molecule has 3 aromatic heterocycles. The van der Waals surface area contributed by atoms with E-state index in [0.717, 1.165) is 12.1 Å². The summed E-state index contributed by atoms with van der Waals surface area (Å²) in [6.45, 7) is 1.91. The number of halogens is 5. The molecule has 0 aliphatic carbocycles. The molecule has 0 atom stereocenters. The first-order valence-corrected chi connectivity index (χ1v) is 11.0. The van der Waals surface area contributed by atoms with Crippen molar-refractivity contribution in [1.82, 2.24) is 9.55 Å². The van der Waals surface area contributed by atoms with Crippen LogP contribution in [-0.2, 0) is 6.54 Å². The number of hydrogen-bond donors (Lipinski definition) is 1. The summed E-state index contributed by atoms with van der Waals surface area (Å²) in [6.07, 6.45) is -1.84. The lowest BCUT2D eigenvalue weighted by molar-refractivity contribution is -0.532. The molecule has 32 heavy (non-hydrogen) atoms. The molecule has 12 heteroatoms. The van der Waals surface area contributed by atoms with Gasteiger partial charge in [-0.3, -0.25) is 0 Å². The summed E-state index contributed by atoms with van der Waals surface area (Å²) < 4.78 is 45.6. The number of hydrogen-bond acceptors (Lipinski definition) is 5. The Morgan fingerprint density at radius 1 is 1.34 bits per heavy atom. The van der Waals surface area contributed by atoms with Gasteiger partial charge in [0, 0.05) is 21.8 Å². The Hall–Kier alpha value is -2.63. The van der Waals surface area contributed by atoms with Gasteiger partial charge in [0.15, 0.2) is 10.0 Å². The van der Waals surface area contributed by atoms with Crippen molar-refractivity contribution in [3.63, 3.8) is 0 Å². The van der Waals surface area contributed by atoms with Crippen LogP contribution in [0.15, 0.2) is 52.0 Å². The smallest absolute Gasteiger partial charge is 0.477 e. The van der Waals surface area contributed by atoms with E-state index in [-0.39, 0.29) is 22.1 Å². The highest BCUT2D eigenvalue weighted by Crippen LogP contribution is 2.35. The van der Waals surface area contributed by atoms with Crippen molar-refractivity contribution >= 4 is 44.5 Å². The maximum absolute atomic E-state index is 13.3. The number of ether oxygens (including phenoxy) is 1. The summed E-state index contributed by atoms with van der Waals surface area (Å²) in [5, 5.41) is 11.2. The number of nitrogens with zero attached hydrogens (tertiary/aromatic N) is 3. The maximum atomic E-state index is 13.3. The van der Waals surface area contributed by atoms with Gasteiger partial charge in [0.2, 0.25) is 0 Å². The molecule has 1 aromatic carbocycles. The van der Waals surface area contributed by atoms with Crippen LogP contribution < -0.4 is 14.7 Å². The van der Waals surface area contributed by atoms with Gasteiger partial charge >= 0.3 is 11.9 Å². The molecule has 0 bridgehead atoms. The van der Waals surface area contributed by atoms with Crippen molar-refractivity contribution in [3.8, 4) is 22.8 Å². The number of aryl methyl sites for hydroxylation is 1. The van der Waals surface area contributed by atoms with Gasteiger partial charge < -0.3 is 9.84 Å². The molecule has 0 aliphatic heterocycles. The Kier molecular flexibility index (Phi) is 5.91. The predicted molar refractivity (Wildman–Crippen MR) is 116 cm³/mol. The Bertz CT molecular complexity index is 1400. The number of thiazole rings is 1. The number of alkyl halides is 3. The van der Waals surface area contributed by atoms with Crippen LogP contribution in [-0.4, -0.2) is 21.0 Å². The summed E-state index contributed by atoms with van der Waals surface area (Å²) in [7, 11) is 0. The number of fused-ring (bicyclic) bond motifs is 1. The molecule has 0 spiro atoms. The average molecular weight is 548 g/mol. The minimum absolute atomic E-state index is 0.0492. The van der Waals surface area contributed by atoms with E-state index >= 15 is 0 Å². The van der Waals surface area contributed by atoms with Crippen LogP contribution in [0, 0.1) is 6.92 Å². The van der Waals surface area contributed by atoms with E-state index < -0.39 is 23.6 Å². The van der Waals surface area contributed by atoms with Crippen LogP contribution in [0.25, 0.3) is 16.8 Å². The van der Waals surface area contributed by atoms with E-state index in [0.29, 0.717) is 20.6 Å².